The van der Waals surface area contributed by atoms with Crippen LogP contribution in [0.1, 0.15) is 18.2 Å². The Kier molecular flexibility index (Phi) is 12.6. The molecule has 1 fully saturated rings. The van der Waals surface area contributed by atoms with Crippen LogP contribution in [-0.4, -0.2) is 132 Å². The molecule has 3 atom stereocenters. The molecule has 0 aromatic carbocycles. The number of aryl methyl sites for hydroxylation is 1. The Labute approximate surface area is 208 Å². The molecule has 7 N–H and O–H groups in total. The number of hydrogen-bond acceptors (Lipinski definition) is 11. The van der Waals surface area contributed by atoms with Crippen LogP contribution < -0.4 is 11.2 Å². The molecule has 0 spiro atoms. The first-order valence-corrected chi connectivity index (χ1v) is 10.8. The predicted octanol–water partition coefficient (Wildman–Crippen LogP) is -3.59. The zero-order valence-electron chi connectivity index (χ0n) is 19.8. The smallest absolute Gasteiger partial charge is 0.330 e. The Morgan fingerprint density at radius 2 is 1.38 bits per heavy atom. The molecule has 0 amide bonds. The van der Waals surface area contributed by atoms with E-state index in [4.69, 9.17) is 30.3 Å². The fraction of sp³-hybridized carbons (Fsp3) is 0.600. The monoisotopic (exact) mass is 534 g/mol. The van der Waals surface area contributed by atoms with Crippen molar-refractivity contribution in [3.05, 3.63) is 32.6 Å². The van der Waals surface area contributed by atoms with Gasteiger partial charge in [-0.3, -0.25) is 43.3 Å². The van der Waals surface area contributed by atoms with Gasteiger partial charge in [0.1, 0.15) is 12.3 Å². The number of aliphatic hydroxyl groups is 2. The molecule has 2 rings (SSSR count). The number of nitrogens with zero attached hydrogens (tertiary/aromatic N) is 3. The molecule has 0 radical (unpaired) electrons. The molecule has 0 bridgehead atoms. The number of aliphatic carboxylic acids is 4. The Balaban J connectivity index is 0.000000373. The summed E-state index contributed by atoms with van der Waals surface area (Å²) in [7, 11) is 0. The summed E-state index contributed by atoms with van der Waals surface area (Å²) in [6.07, 6.45) is -0.581. The highest BCUT2D eigenvalue weighted by atomic mass is 16.5. The standard InChI is InChI=1S/C10H16N2O8.C10H14N2O5/c13-7(14)3-11(4-8(15)16)1-2-12(5-9(17)18)6-10(19)20;1-5-3-12(10(16)11-9(5)15)8-2-6(14)7(4-13)17-8/h1-6H2,(H,13,14)(H,15,16)(H,17,18)(H,19,20);3,6-8,13-14H,2,4H2,1H3,(H,11,15,16)/t;6-,7+,8+/m.0/s1. The van der Waals surface area contributed by atoms with Crippen LogP contribution in [0.25, 0.3) is 0 Å². The van der Waals surface area contributed by atoms with Gasteiger partial charge in [-0.05, 0) is 6.92 Å². The molecular weight excluding hydrogens is 504 g/mol. The predicted molar refractivity (Wildman–Crippen MR) is 121 cm³/mol. The van der Waals surface area contributed by atoms with Gasteiger partial charge in [-0.15, -0.1) is 0 Å². The number of rotatable bonds is 13. The molecule has 0 saturated carbocycles. The lowest BCUT2D eigenvalue weighted by molar-refractivity contribution is -0.145. The van der Waals surface area contributed by atoms with Crippen molar-refractivity contribution in [1.82, 2.24) is 19.4 Å². The summed E-state index contributed by atoms with van der Waals surface area (Å²) in [5.41, 5.74) is -0.643. The van der Waals surface area contributed by atoms with Crippen LogP contribution >= 0.6 is 0 Å². The summed E-state index contributed by atoms with van der Waals surface area (Å²) in [5, 5.41) is 53.0. The lowest BCUT2D eigenvalue weighted by atomic mass is 10.2. The molecule has 1 aliphatic rings. The zero-order valence-corrected chi connectivity index (χ0v) is 19.8. The molecule has 1 saturated heterocycles. The van der Waals surface area contributed by atoms with E-state index in [9.17, 15) is 33.9 Å². The number of ether oxygens (including phenoxy) is 1. The number of nitrogens with one attached hydrogen (secondary N) is 1. The molecule has 17 nitrogen and oxygen atoms in total. The van der Waals surface area contributed by atoms with Gasteiger partial charge in [0, 0.05) is 31.3 Å². The lowest BCUT2D eigenvalue weighted by Crippen LogP contribution is -2.43. The van der Waals surface area contributed by atoms with E-state index in [1.165, 1.54) is 10.8 Å². The Hall–Kier alpha value is -3.64. The van der Waals surface area contributed by atoms with Gasteiger partial charge in [-0.25, -0.2) is 4.79 Å². The second-order valence-corrected chi connectivity index (χ2v) is 8.09. The van der Waals surface area contributed by atoms with Gasteiger partial charge in [0.15, 0.2) is 0 Å². The summed E-state index contributed by atoms with van der Waals surface area (Å²) < 4.78 is 6.54. The number of aromatic amines is 1. The molecular formula is C20H30N4O13. The van der Waals surface area contributed by atoms with E-state index in [0.29, 0.717) is 5.56 Å². The van der Waals surface area contributed by atoms with Crippen molar-refractivity contribution in [1.29, 1.82) is 0 Å². The Morgan fingerprint density at radius 1 is 0.946 bits per heavy atom. The van der Waals surface area contributed by atoms with Crippen molar-refractivity contribution < 1.29 is 54.6 Å². The summed E-state index contributed by atoms with van der Waals surface area (Å²) in [6, 6.07) is 0. The van der Waals surface area contributed by atoms with Crippen molar-refractivity contribution in [2.75, 3.05) is 45.9 Å². The molecule has 1 aliphatic heterocycles. The van der Waals surface area contributed by atoms with Crippen LogP contribution in [0.4, 0.5) is 0 Å². The minimum absolute atomic E-state index is 0.0703. The van der Waals surface area contributed by atoms with E-state index in [1.54, 1.807) is 6.92 Å². The van der Waals surface area contributed by atoms with E-state index in [1.807, 2.05) is 0 Å². The summed E-state index contributed by atoms with van der Waals surface area (Å²) in [6.45, 7) is -0.988. The fourth-order valence-corrected chi connectivity index (χ4v) is 3.33. The maximum atomic E-state index is 11.6. The highest BCUT2D eigenvalue weighted by Crippen LogP contribution is 2.27. The third-order valence-corrected chi connectivity index (χ3v) is 5.01. The van der Waals surface area contributed by atoms with Crippen LogP contribution in [0, 0.1) is 6.92 Å². The summed E-state index contributed by atoms with van der Waals surface area (Å²) in [4.78, 5) is 69.3. The number of hydrogen-bond donors (Lipinski definition) is 7. The Bertz CT molecular complexity index is 1000. The maximum absolute atomic E-state index is 11.6. The van der Waals surface area contributed by atoms with Crippen molar-refractivity contribution in [2.45, 2.75) is 31.8 Å². The largest absolute Gasteiger partial charge is 0.480 e. The average molecular weight is 534 g/mol. The van der Waals surface area contributed by atoms with Crippen LogP contribution in [-0.2, 0) is 23.9 Å². The normalized spacial score (nSPS) is 18.9. The number of H-pyrrole nitrogens is 1. The van der Waals surface area contributed by atoms with Crippen molar-refractivity contribution in [2.24, 2.45) is 0 Å². The molecule has 37 heavy (non-hydrogen) atoms. The number of aliphatic hydroxyl groups excluding tert-OH is 2. The number of carboxylic acids is 4. The van der Waals surface area contributed by atoms with E-state index < -0.39 is 79.7 Å². The molecule has 1 aromatic heterocycles. The quantitative estimate of drug-likeness (QED) is 0.129. The van der Waals surface area contributed by atoms with Crippen molar-refractivity contribution in [3.63, 3.8) is 0 Å². The van der Waals surface area contributed by atoms with Crippen molar-refractivity contribution in [3.8, 4) is 0 Å². The minimum atomic E-state index is -1.23. The van der Waals surface area contributed by atoms with E-state index >= 15 is 0 Å². The summed E-state index contributed by atoms with van der Waals surface area (Å²) in [5.74, 6) is -4.91. The van der Waals surface area contributed by atoms with Crippen LogP contribution in [0.15, 0.2) is 15.8 Å². The van der Waals surface area contributed by atoms with E-state index in [-0.39, 0.29) is 26.1 Å². The van der Waals surface area contributed by atoms with Gasteiger partial charge in [0.25, 0.3) is 5.56 Å². The van der Waals surface area contributed by atoms with Crippen LogP contribution in [0.2, 0.25) is 0 Å². The van der Waals surface area contributed by atoms with Crippen molar-refractivity contribution >= 4 is 23.9 Å². The SMILES string of the molecule is Cc1cn([C@H]2C[C@H](O)[C@@H](CO)O2)c(=O)[nH]c1=O.O=C(O)CN(CCN(CC(=O)O)CC(=O)O)CC(=O)O. The molecule has 2 heterocycles. The van der Waals surface area contributed by atoms with Crippen LogP contribution in [0.5, 0.6) is 0 Å². The van der Waals surface area contributed by atoms with Gasteiger partial charge >= 0.3 is 29.6 Å². The highest BCUT2D eigenvalue weighted by molar-refractivity contribution is 5.73. The lowest BCUT2D eigenvalue weighted by Gasteiger charge is -2.23. The molecule has 0 aliphatic carbocycles. The third kappa shape index (κ3) is 11.3. The van der Waals surface area contributed by atoms with Gasteiger partial charge in [0.2, 0.25) is 0 Å². The fourth-order valence-electron chi connectivity index (χ4n) is 3.33. The van der Waals surface area contributed by atoms with E-state index in [0.717, 1.165) is 9.80 Å². The number of carboxylic acid groups (broad SMARTS) is 4. The van der Waals surface area contributed by atoms with Gasteiger partial charge < -0.3 is 35.4 Å². The van der Waals surface area contributed by atoms with Gasteiger partial charge in [0.05, 0.1) is 38.9 Å². The van der Waals surface area contributed by atoms with Gasteiger partial charge in [-0.1, -0.05) is 0 Å². The summed E-state index contributed by atoms with van der Waals surface area (Å²) >= 11 is 0. The first-order chi connectivity index (χ1) is 17.2. The number of aromatic nitrogens is 2. The first-order valence-electron chi connectivity index (χ1n) is 10.8. The first kappa shape index (κ1) is 31.4. The minimum Gasteiger partial charge on any atom is -0.480 e. The van der Waals surface area contributed by atoms with E-state index in [2.05, 4.69) is 4.98 Å². The second kappa shape index (κ2) is 14.8. The molecule has 208 valence electrons. The molecule has 1 aromatic rings. The maximum Gasteiger partial charge on any atom is 0.330 e. The average Bonchev–Trinajstić information content (AvgIpc) is 3.13. The zero-order chi connectivity index (χ0) is 28.3. The third-order valence-electron chi connectivity index (χ3n) is 5.01. The molecule has 17 heteroatoms. The molecule has 0 unspecified atom stereocenters. The highest BCUT2D eigenvalue weighted by Gasteiger charge is 2.35. The van der Waals surface area contributed by atoms with Gasteiger partial charge in [-0.2, -0.15) is 0 Å². The number of carbonyl (C=O) groups is 4. The van der Waals surface area contributed by atoms with Crippen LogP contribution in [0.3, 0.4) is 0 Å². The second-order valence-electron chi connectivity index (χ2n) is 8.09. The topological polar surface area (TPSA) is 260 Å². The Morgan fingerprint density at radius 3 is 1.73 bits per heavy atom.